The lowest BCUT2D eigenvalue weighted by atomic mass is 10.1. The number of thioether (sulfide) groups is 1. The Bertz CT molecular complexity index is 424. The van der Waals surface area contributed by atoms with Crippen molar-refractivity contribution in [1.29, 1.82) is 0 Å². The first-order chi connectivity index (χ1) is 9.42. The van der Waals surface area contributed by atoms with Gasteiger partial charge in [0.05, 0.1) is 20.0 Å². The topological polar surface area (TPSA) is 90.0 Å². The number of ether oxygens (including phenoxy) is 2. The van der Waals surface area contributed by atoms with Crippen molar-refractivity contribution in [2.24, 2.45) is 5.92 Å². The molecule has 0 saturated carbocycles. The van der Waals surface area contributed by atoms with Crippen molar-refractivity contribution >= 4 is 35.5 Å². The van der Waals surface area contributed by atoms with E-state index in [0.717, 1.165) is 16.7 Å². The number of likely N-dealkylation sites (tertiary alicyclic amines) is 1. The molecule has 1 rings (SSSR count). The number of esters is 2. The second-order valence-corrected chi connectivity index (χ2v) is 5.37. The van der Waals surface area contributed by atoms with E-state index in [2.05, 4.69) is 9.47 Å². The Hall–Kier alpha value is -1.57. The van der Waals surface area contributed by atoms with E-state index in [1.54, 1.807) is 6.92 Å². The molecule has 8 heteroatoms. The van der Waals surface area contributed by atoms with E-state index in [1.165, 1.54) is 14.2 Å². The maximum absolute atomic E-state index is 11.9. The van der Waals surface area contributed by atoms with Gasteiger partial charge >= 0.3 is 11.9 Å². The molecule has 1 fully saturated rings. The quantitative estimate of drug-likeness (QED) is 0.497. The van der Waals surface area contributed by atoms with Crippen molar-refractivity contribution in [2.45, 2.75) is 19.4 Å². The highest BCUT2D eigenvalue weighted by molar-refractivity contribution is 8.00. The molecule has 1 aliphatic rings. The van der Waals surface area contributed by atoms with Crippen LogP contribution in [0.2, 0.25) is 0 Å². The highest BCUT2D eigenvalue weighted by Gasteiger charge is 2.43. The standard InChI is InChI=1S/C12H17NO6S/c1-7-4-9(14)13(11(7)16)8(12(17)19-3)5-20-6-10(15)18-2/h7-8H,4-6H2,1-3H3. The molecule has 0 aromatic carbocycles. The summed E-state index contributed by atoms with van der Waals surface area (Å²) < 4.78 is 9.11. The normalized spacial score (nSPS) is 19.9. The van der Waals surface area contributed by atoms with Crippen LogP contribution >= 0.6 is 11.8 Å². The molecule has 0 spiro atoms. The van der Waals surface area contributed by atoms with E-state index in [9.17, 15) is 19.2 Å². The lowest BCUT2D eigenvalue weighted by Gasteiger charge is -2.23. The Labute approximate surface area is 121 Å². The molecule has 7 nitrogen and oxygen atoms in total. The van der Waals surface area contributed by atoms with Crippen molar-refractivity contribution in [2.75, 3.05) is 25.7 Å². The molecule has 0 aromatic rings. The zero-order valence-electron chi connectivity index (χ0n) is 11.6. The van der Waals surface area contributed by atoms with Crippen LogP contribution in [0.25, 0.3) is 0 Å². The number of hydrogen-bond acceptors (Lipinski definition) is 7. The number of carbonyl (C=O) groups excluding carboxylic acids is 4. The molecular weight excluding hydrogens is 286 g/mol. The fraction of sp³-hybridized carbons (Fsp3) is 0.667. The van der Waals surface area contributed by atoms with Crippen LogP contribution in [-0.2, 0) is 28.7 Å². The summed E-state index contributed by atoms with van der Waals surface area (Å²) in [5.74, 6) is -2.17. The van der Waals surface area contributed by atoms with E-state index in [-0.39, 0.29) is 23.8 Å². The lowest BCUT2D eigenvalue weighted by Crippen LogP contribution is -2.47. The van der Waals surface area contributed by atoms with E-state index in [1.807, 2.05) is 0 Å². The maximum Gasteiger partial charge on any atom is 0.329 e. The predicted molar refractivity (Wildman–Crippen MR) is 70.8 cm³/mol. The number of hydrogen-bond donors (Lipinski definition) is 0. The van der Waals surface area contributed by atoms with Gasteiger partial charge in [-0.1, -0.05) is 6.92 Å². The number of amides is 2. The summed E-state index contributed by atoms with van der Waals surface area (Å²) in [5, 5.41) is 0. The number of carbonyl (C=O) groups is 4. The average Bonchev–Trinajstić information content (AvgIpc) is 2.68. The van der Waals surface area contributed by atoms with Crippen LogP contribution in [0.3, 0.4) is 0 Å². The van der Waals surface area contributed by atoms with Crippen LogP contribution in [0.15, 0.2) is 0 Å². The molecule has 2 unspecified atom stereocenters. The van der Waals surface area contributed by atoms with E-state index in [4.69, 9.17) is 0 Å². The molecule has 2 atom stereocenters. The first-order valence-corrected chi connectivity index (χ1v) is 7.16. The van der Waals surface area contributed by atoms with Crippen LogP contribution in [0.1, 0.15) is 13.3 Å². The van der Waals surface area contributed by atoms with Gasteiger partial charge in [0.25, 0.3) is 0 Å². The first-order valence-electron chi connectivity index (χ1n) is 6.00. The monoisotopic (exact) mass is 303 g/mol. The summed E-state index contributed by atoms with van der Waals surface area (Å²) in [6.07, 6.45) is 0.0913. The summed E-state index contributed by atoms with van der Waals surface area (Å²) in [6, 6.07) is -1.00. The summed E-state index contributed by atoms with van der Waals surface area (Å²) in [5.41, 5.74) is 0. The summed E-state index contributed by atoms with van der Waals surface area (Å²) in [7, 11) is 2.45. The van der Waals surface area contributed by atoms with Crippen LogP contribution in [0, 0.1) is 5.92 Å². The highest BCUT2D eigenvalue weighted by Crippen LogP contribution is 2.23. The van der Waals surface area contributed by atoms with E-state index < -0.39 is 29.8 Å². The Balaban J connectivity index is 2.74. The smallest absolute Gasteiger partial charge is 0.329 e. The van der Waals surface area contributed by atoms with E-state index in [0.29, 0.717) is 0 Å². The molecule has 0 N–H and O–H groups in total. The fourth-order valence-corrected chi connectivity index (χ4v) is 2.74. The molecule has 20 heavy (non-hydrogen) atoms. The third kappa shape index (κ3) is 3.72. The Kier molecular flexibility index (Phi) is 6.00. The molecular formula is C12H17NO6S. The summed E-state index contributed by atoms with van der Waals surface area (Å²) in [4.78, 5) is 47.5. The van der Waals surface area contributed by atoms with Gasteiger partial charge in [-0.3, -0.25) is 19.3 Å². The second kappa shape index (κ2) is 7.28. The third-order valence-corrected chi connectivity index (χ3v) is 3.91. The minimum absolute atomic E-state index is 0.0375. The molecule has 1 saturated heterocycles. The molecule has 1 aliphatic heterocycles. The largest absolute Gasteiger partial charge is 0.468 e. The molecule has 112 valence electrons. The fourth-order valence-electron chi connectivity index (χ4n) is 1.83. The molecule has 0 bridgehead atoms. The Morgan fingerprint density at radius 2 is 2.00 bits per heavy atom. The summed E-state index contributed by atoms with van der Waals surface area (Å²) >= 11 is 1.11. The van der Waals surface area contributed by atoms with Crippen molar-refractivity contribution in [3.8, 4) is 0 Å². The van der Waals surface area contributed by atoms with Gasteiger partial charge in [0, 0.05) is 18.1 Å². The van der Waals surface area contributed by atoms with Crippen molar-refractivity contribution in [3.05, 3.63) is 0 Å². The predicted octanol–water partition coefficient (Wildman–Crippen LogP) is -0.171. The maximum atomic E-state index is 11.9. The van der Waals surface area contributed by atoms with Crippen molar-refractivity contribution in [3.63, 3.8) is 0 Å². The molecule has 0 aromatic heterocycles. The summed E-state index contributed by atoms with van der Waals surface area (Å²) in [6.45, 7) is 1.64. The minimum Gasteiger partial charge on any atom is -0.468 e. The van der Waals surface area contributed by atoms with Crippen LogP contribution in [0.5, 0.6) is 0 Å². The number of imide groups is 1. The molecule has 0 aliphatic carbocycles. The van der Waals surface area contributed by atoms with Gasteiger partial charge in [0.1, 0.15) is 6.04 Å². The highest BCUT2D eigenvalue weighted by atomic mass is 32.2. The number of methoxy groups -OCH3 is 2. The Morgan fingerprint density at radius 3 is 2.45 bits per heavy atom. The van der Waals surface area contributed by atoms with Crippen molar-refractivity contribution < 1.29 is 28.7 Å². The van der Waals surface area contributed by atoms with Gasteiger partial charge in [-0.15, -0.1) is 11.8 Å². The zero-order chi connectivity index (χ0) is 15.3. The SMILES string of the molecule is COC(=O)CSCC(C(=O)OC)N1C(=O)CC(C)C1=O. The Morgan fingerprint density at radius 1 is 1.35 bits per heavy atom. The minimum atomic E-state index is -1.00. The second-order valence-electron chi connectivity index (χ2n) is 4.34. The molecule has 1 heterocycles. The van der Waals surface area contributed by atoms with Gasteiger partial charge in [-0.25, -0.2) is 4.79 Å². The number of nitrogens with zero attached hydrogens (tertiary/aromatic N) is 1. The van der Waals surface area contributed by atoms with E-state index >= 15 is 0 Å². The van der Waals surface area contributed by atoms with Crippen LogP contribution in [-0.4, -0.2) is 60.4 Å². The van der Waals surface area contributed by atoms with Gasteiger partial charge in [0.2, 0.25) is 11.8 Å². The third-order valence-electron chi connectivity index (χ3n) is 2.92. The molecule has 0 radical (unpaired) electrons. The van der Waals surface area contributed by atoms with Gasteiger partial charge < -0.3 is 9.47 Å². The van der Waals surface area contributed by atoms with Gasteiger partial charge in [-0.05, 0) is 0 Å². The van der Waals surface area contributed by atoms with Crippen LogP contribution in [0.4, 0.5) is 0 Å². The van der Waals surface area contributed by atoms with Crippen molar-refractivity contribution in [1.82, 2.24) is 4.90 Å². The van der Waals surface area contributed by atoms with Gasteiger partial charge in [-0.2, -0.15) is 0 Å². The van der Waals surface area contributed by atoms with Gasteiger partial charge in [0.15, 0.2) is 0 Å². The van der Waals surface area contributed by atoms with Crippen LogP contribution < -0.4 is 0 Å². The zero-order valence-corrected chi connectivity index (χ0v) is 12.4. The average molecular weight is 303 g/mol. The first kappa shape index (κ1) is 16.5. The number of rotatable bonds is 6. The molecule has 2 amide bonds. The lowest BCUT2D eigenvalue weighted by molar-refractivity contribution is -0.155.